The second kappa shape index (κ2) is 4.23. The van der Waals surface area contributed by atoms with Crippen LogP contribution in [0.15, 0.2) is 0 Å². The average Bonchev–Trinajstić information content (AvgIpc) is 2.78. The van der Waals surface area contributed by atoms with E-state index in [2.05, 4.69) is 19.2 Å². The van der Waals surface area contributed by atoms with E-state index in [0.29, 0.717) is 0 Å². The van der Waals surface area contributed by atoms with Gasteiger partial charge in [-0.15, -0.1) is 0 Å². The number of hydrogen-bond donors (Lipinski definition) is 1. The van der Waals surface area contributed by atoms with Crippen LogP contribution in [0.5, 0.6) is 0 Å². The summed E-state index contributed by atoms with van der Waals surface area (Å²) in [4.78, 5) is 0. The van der Waals surface area contributed by atoms with E-state index in [9.17, 15) is 0 Å². The van der Waals surface area contributed by atoms with Crippen LogP contribution in [0, 0.1) is 35.5 Å². The molecule has 2 bridgehead atoms. The van der Waals surface area contributed by atoms with Crippen molar-refractivity contribution < 1.29 is 0 Å². The van der Waals surface area contributed by atoms with Gasteiger partial charge in [-0.2, -0.15) is 0 Å². The Morgan fingerprint density at radius 3 is 2.00 bits per heavy atom. The van der Waals surface area contributed by atoms with E-state index in [-0.39, 0.29) is 0 Å². The van der Waals surface area contributed by atoms with Gasteiger partial charge in [0.25, 0.3) is 0 Å². The van der Waals surface area contributed by atoms with Crippen LogP contribution in [-0.2, 0) is 0 Å². The van der Waals surface area contributed by atoms with Gasteiger partial charge in [-0.3, -0.25) is 0 Å². The van der Waals surface area contributed by atoms with Crippen molar-refractivity contribution in [1.82, 2.24) is 5.32 Å². The van der Waals surface area contributed by atoms with Gasteiger partial charge in [0.2, 0.25) is 0 Å². The van der Waals surface area contributed by atoms with Crippen molar-refractivity contribution in [3.8, 4) is 0 Å². The molecule has 0 amide bonds. The van der Waals surface area contributed by atoms with Gasteiger partial charge in [0.05, 0.1) is 0 Å². The van der Waals surface area contributed by atoms with Crippen LogP contribution in [0.25, 0.3) is 0 Å². The first-order valence-corrected chi connectivity index (χ1v) is 8.50. The molecule has 1 nitrogen and oxygen atoms in total. The van der Waals surface area contributed by atoms with E-state index < -0.39 is 0 Å². The highest BCUT2D eigenvalue weighted by molar-refractivity contribution is 5.17. The molecule has 18 heavy (non-hydrogen) atoms. The molecule has 0 saturated heterocycles. The van der Waals surface area contributed by atoms with Crippen molar-refractivity contribution in [3.63, 3.8) is 0 Å². The van der Waals surface area contributed by atoms with E-state index in [1.165, 1.54) is 25.7 Å². The third-order valence-electron chi connectivity index (χ3n) is 6.88. The molecule has 4 aliphatic rings. The zero-order valence-corrected chi connectivity index (χ0v) is 12.1. The molecule has 4 rings (SSSR count). The third kappa shape index (κ3) is 1.77. The Kier molecular flexibility index (Phi) is 2.76. The maximum atomic E-state index is 4.06. The number of rotatable bonds is 3. The Bertz CT molecular complexity index is 300. The summed E-state index contributed by atoms with van der Waals surface area (Å²) in [7, 11) is 0. The van der Waals surface area contributed by atoms with Gasteiger partial charge in [0.1, 0.15) is 0 Å². The van der Waals surface area contributed by atoms with Crippen molar-refractivity contribution in [2.45, 2.75) is 70.9 Å². The van der Waals surface area contributed by atoms with E-state index >= 15 is 0 Å². The van der Waals surface area contributed by atoms with Crippen LogP contribution >= 0.6 is 0 Å². The highest BCUT2D eigenvalue weighted by Crippen LogP contribution is 2.65. The Labute approximate surface area is 112 Å². The summed E-state index contributed by atoms with van der Waals surface area (Å²) < 4.78 is 0. The maximum Gasteiger partial charge on any atom is 0.0138 e. The molecule has 4 saturated carbocycles. The minimum atomic E-state index is 0.870. The smallest absolute Gasteiger partial charge is 0.0138 e. The molecule has 1 N–H and O–H groups in total. The van der Waals surface area contributed by atoms with Crippen molar-refractivity contribution in [3.05, 3.63) is 0 Å². The fraction of sp³-hybridized carbons (Fsp3) is 1.00. The molecule has 1 heteroatoms. The summed E-state index contributed by atoms with van der Waals surface area (Å²) >= 11 is 0. The molecule has 0 aromatic carbocycles. The van der Waals surface area contributed by atoms with Gasteiger partial charge in [0, 0.05) is 12.1 Å². The molecule has 4 fully saturated rings. The largest absolute Gasteiger partial charge is 0.311 e. The number of nitrogens with one attached hydrogen (secondary N) is 1. The molecular weight excluding hydrogens is 218 g/mol. The van der Waals surface area contributed by atoms with Gasteiger partial charge in [-0.1, -0.05) is 13.8 Å². The first kappa shape index (κ1) is 11.8. The Morgan fingerprint density at radius 2 is 1.44 bits per heavy atom. The van der Waals surface area contributed by atoms with Crippen molar-refractivity contribution in [2.75, 3.05) is 0 Å². The Hall–Kier alpha value is -0.0400. The minimum Gasteiger partial charge on any atom is -0.311 e. The normalized spacial score (nSPS) is 53.8. The second-order valence-electron chi connectivity index (χ2n) is 8.04. The van der Waals surface area contributed by atoms with Crippen LogP contribution in [0.2, 0.25) is 0 Å². The first-order valence-electron chi connectivity index (χ1n) is 8.50. The lowest BCUT2D eigenvalue weighted by atomic mass is 9.79. The predicted molar refractivity (Wildman–Crippen MR) is 75.3 cm³/mol. The molecule has 0 aromatic heterocycles. The van der Waals surface area contributed by atoms with Crippen LogP contribution in [0.4, 0.5) is 0 Å². The van der Waals surface area contributed by atoms with E-state index in [0.717, 1.165) is 47.6 Å². The summed E-state index contributed by atoms with van der Waals surface area (Å²) in [6.45, 7) is 4.81. The minimum absolute atomic E-state index is 0.870. The van der Waals surface area contributed by atoms with Crippen LogP contribution in [-0.4, -0.2) is 12.1 Å². The lowest BCUT2D eigenvalue weighted by Crippen LogP contribution is -2.37. The SMILES string of the molecule is CC(C)C1CCC(NC2C3C4CCC(C4)C23)CC1. The van der Waals surface area contributed by atoms with Gasteiger partial charge in [0.15, 0.2) is 0 Å². The standard InChI is InChI=1S/C17H29N/c1-10(2)11-5-7-14(8-6-11)18-17-15-12-3-4-13(9-12)16(15)17/h10-18H,3-9H2,1-2H3. The Balaban J connectivity index is 1.28. The molecule has 0 aliphatic heterocycles. The van der Waals surface area contributed by atoms with Gasteiger partial charge in [-0.05, 0) is 80.5 Å². The van der Waals surface area contributed by atoms with Gasteiger partial charge in [-0.25, -0.2) is 0 Å². The molecule has 4 unspecified atom stereocenters. The highest BCUT2D eigenvalue weighted by atomic mass is 15.0. The predicted octanol–water partition coefficient (Wildman–Crippen LogP) is 3.84. The van der Waals surface area contributed by atoms with Crippen molar-refractivity contribution >= 4 is 0 Å². The molecule has 102 valence electrons. The monoisotopic (exact) mass is 247 g/mol. The summed E-state index contributed by atoms with van der Waals surface area (Å²) in [6.07, 6.45) is 10.6. The van der Waals surface area contributed by atoms with Crippen LogP contribution in [0.1, 0.15) is 58.8 Å². The topological polar surface area (TPSA) is 12.0 Å². The second-order valence-corrected chi connectivity index (χ2v) is 8.04. The first-order chi connectivity index (χ1) is 8.74. The zero-order chi connectivity index (χ0) is 12.3. The summed E-state index contributed by atoms with van der Waals surface area (Å²) in [5.74, 6) is 6.41. The lowest BCUT2D eigenvalue weighted by Gasteiger charge is -2.32. The Morgan fingerprint density at radius 1 is 0.833 bits per heavy atom. The molecular formula is C17H29N. The molecule has 4 atom stereocenters. The van der Waals surface area contributed by atoms with Gasteiger partial charge < -0.3 is 5.32 Å². The fourth-order valence-electron chi connectivity index (χ4n) is 5.77. The maximum absolute atomic E-state index is 4.06. The molecule has 0 spiro atoms. The molecule has 4 aliphatic carbocycles. The molecule has 0 heterocycles. The third-order valence-corrected chi connectivity index (χ3v) is 6.88. The molecule has 0 radical (unpaired) electrons. The van der Waals surface area contributed by atoms with E-state index in [1.54, 1.807) is 19.3 Å². The van der Waals surface area contributed by atoms with Crippen molar-refractivity contribution in [1.29, 1.82) is 0 Å². The quantitative estimate of drug-likeness (QED) is 0.799. The number of hydrogen-bond acceptors (Lipinski definition) is 1. The highest BCUT2D eigenvalue weighted by Gasteiger charge is 2.64. The summed E-state index contributed by atoms with van der Waals surface area (Å²) in [6, 6.07) is 1.83. The zero-order valence-electron chi connectivity index (χ0n) is 12.1. The van der Waals surface area contributed by atoms with Gasteiger partial charge >= 0.3 is 0 Å². The van der Waals surface area contributed by atoms with Crippen LogP contribution in [0.3, 0.4) is 0 Å². The summed E-state index contributed by atoms with van der Waals surface area (Å²) in [5.41, 5.74) is 0. The van der Waals surface area contributed by atoms with Crippen LogP contribution < -0.4 is 5.32 Å². The van der Waals surface area contributed by atoms with E-state index in [4.69, 9.17) is 0 Å². The fourth-order valence-corrected chi connectivity index (χ4v) is 5.77. The van der Waals surface area contributed by atoms with Crippen molar-refractivity contribution in [2.24, 2.45) is 35.5 Å². The molecule has 0 aromatic rings. The summed E-state index contributed by atoms with van der Waals surface area (Å²) in [5, 5.41) is 4.06. The average molecular weight is 247 g/mol. The number of fused-ring (bicyclic) bond motifs is 5. The van der Waals surface area contributed by atoms with E-state index in [1.807, 2.05) is 0 Å². The lowest BCUT2D eigenvalue weighted by molar-refractivity contribution is 0.232.